The number of methoxy groups -OCH3 is 1. The van der Waals surface area contributed by atoms with Crippen LogP contribution >= 0.6 is 0 Å². The lowest BCUT2D eigenvalue weighted by Gasteiger charge is -2.18. The van der Waals surface area contributed by atoms with E-state index in [1.165, 1.54) is 0 Å². The van der Waals surface area contributed by atoms with Gasteiger partial charge in [-0.25, -0.2) is 0 Å². The van der Waals surface area contributed by atoms with Crippen molar-refractivity contribution in [2.24, 2.45) is 0 Å². The second kappa shape index (κ2) is 8.58. The molecule has 0 aromatic heterocycles. The maximum absolute atomic E-state index is 12.3. The number of carbonyl (C=O) groups excluding carboxylic acids is 2. The molecule has 3 rings (SSSR count). The first kappa shape index (κ1) is 18.8. The lowest BCUT2D eigenvalue weighted by Crippen LogP contribution is -2.38. The van der Waals surface area contributed by atoms with E-state index in [2.05, 4.69) is 5.32 Å². The third kappa shape index (κ3) is 4.78. The maximum Gasteiger partial charge on any atom is 0.229 e. The first-order valence-corrected chi connectivity index (χ1v) is 9.04. The summed E-state index contributed by atoms with van der Waals surface area (Å²) in [5.41, 5.74) is 1.72. The van der Waals surface area contributed by atoms with Crippen LogP contribution in [0.3, 0.4) is 0 Å². The van der Waals surface area contributed by atoms with Gasteiger partial charge in [-0.1, -0.05) is 12.1 Å². The van der Waals surface area contributed by atoms with E-state index in [1.54, 1.807) is 12.0 Å². The topological polar surface area (TPSA) is 67.9 Å². The molecule has 6 heteroatoms. The molecule has 0 saturated carbocycles. The van der Waals surface area contributed by atoms with Crippen molar-refractivity contribution >= 4 is 17.5 Å². The van der Waals surface area contributed by atoms with E-state index in [-0.39, 0.29) is 24.3 Å². The Bertz CT molecular complexity index is 787. The lowest BCUT2D eigenvalue weighted by atomic mass is 10.1. The van der Waals surface area contributed by atoms with Crippen molar-refractivity contribution in [2.45, 2.75) is 25.8 Å². The number of hydrogen-bond acceptors (Lipinski definition) is 4. The summed E-state index contributed by atoms with van der Waals surface area (Å²) in [6, 6.07) is 14.6. The van der Waals surface area contributed by atoms with Gasteiger partial charge in [0.05, 0.1) is 26.2 Å². The van der Waals surface area contributed by atoms with Crippen molar-refractivity contribution in [3.8, 4) is 11.5 Å². The minimum absolute atomic E-state index is 0.00825. The third-order valence-corrected chi connectivity index (χ3v) is 4.47. The van der Waals surface area contributed by atoms with E-state index in [1.807, 2.05) is 55.5 Å². The Labute approximate surface area is 159 Å². The average Bonchev–Trinajstić information content (AvgIpc) is 3.03. The number of nitrogens with one attached hydrogen (secondary N) is 1. The Morgan fingerprint density at radius 3 is 2.41 bits per heavy atom. The smallest absolute Gasteiger partial charge is 0.229 e. The number of hydrogen-bond donors (Lipinski definition) is 1. The van der Waals surface area contributed by atoms with Gasteiger partial charge in [0.25, 0.3) is 0 Å². The molecule has 0 aliphatic carbocycles. The Morgan fingerprint density at radius 1 is 1.11 bits per heavy atom. The van der Waals surface area contributed by atoms with E-state index in [0.717, 1.165) is 22.7 Å². The summed E-state index contributed by atoms with van der Waals surface area (Å²) in [5.74, 6) is 1.45. The van der Waals surface area contributed by atoms with Crippen molar-refractivity contribution in [1.82, 2.24) is 5.32 Å². The van der Waals surface area contributed by atoms with Crippen molar-refractivity contribution < 1.29 is 19.1 Å². The van der Waals surface area contributed by atoms with Crippen LogP contribution in [-0.4, -0.2) is 38.1 Å². The highest BCUT2D eigenvalue weighted by Crippen LogP contribution is 2.24. The zero-order valence-electron chi connectivity index (χ0n) is 15.6. The molecular weight excluding hydrogens is 344 g/mol. The van der Waals surface area contributed by atoms with Crippen LogP contribution < -0.4 is 19.7 Å². The zero-order chi connectivity index (χ0) is 19.2. The zero-order valence-corrected chi connectivity index (χ0v) is 15.6. The normalized spacial score (nSPS) is 16.3. The van der Waals surface area contributed by atoms with Crippen LogP contribution in [0.5, 0.6) is 11.5 Å². The van der Waals surface area contributed by atoms with Crippen LogP contribution in [0.1, 0.15) is 18.9 Å². The van der Waals surface area contributed by atoms with Crippen molar-refractivity contribution in [2.75, 3.05) is 25.2 Å². The lowest BCUT2D eigenvalue weighted by molar-refractivity contribution is -0.121. The molecule has 1 atom stereocenters. The Hall–Kier alpha value is -3.02. The predicted molar refractivity (Wildman–Crippen MR) is 103 cm³/mol. The summed E-state index contributed by atoms with van der Waals surface area (Å²) in [4.78, 5) is 26.3. The van der Waals surface area contributed by atoms with Crippen molar-refractivity contribution in [1.29, 1.82) is 0 Å². The van der Waals surface area contributed by atoms with Gasteiger partial charge in [0, 0.05) is 18.7 Å². The third-order valence-electron chi connectivity index (χ3n) is 4.47. The molecule has 27 heavy (non-hydrogen) atoms. The molecule has 1 aliphatic heterocycles. The molecule has 1 fully saturated rings. The van der Waals surface area contributed by atoms with E-state index >= 15 is 0 Å². The van der Waals surface area contributed by atoms with E-state index < -0.39 is 0 Å². The highest BCUT2D eigenvalue weighted by molar-refractivity contribution is 5.97. The van der Waals surface area contributed by atoms with Gasteiger partial charge >= 0.3 is 0 Å². The average molecular weight is 368 g/mol. The summed E-state index contributed by atoms with van der Waals surface area (Å²) in [6.45, 7) is 3.00. The molecular formula is C21H24N2O4. The molecule has 1 heterocycles. The van der Waals surface area contributed by atoms with Gasteiger partial charge in [-0.3, -0.25) is 9.59 Å². The molecule has 1 N–H and O–H groups in total. The first-order valence-electron chi connectivity index (χ1n) is 9.04. The second-order valence-electron chi connectivity index (χ2n) is 6.42. The minimum atomic E-state index is -0.185. The highest BCUT2D eigenvalue weighted by Gasteiger charge is 2.31. The summed E-state index contributed by atoms with van der Waals surface area (Å²) >= 11 is 0. The van der Waals surface area contributed by atoms with Gasteiger partial charge in [0.1, 0.15) is 11.5 Å². The van der Waals surface area contributed by atoms with Crippen molar-refractivity contribution in [3.05, 3.63) is 54.1 Å². The van der Waals surface area contributed by atoms with E-state index in [4.69, 9.17) is 9.47 Å². The molecule has 2 amide bonds. The van der Waals surface area contributed by atoms with Gasteiger partial charge in [-0.2, -0.15) is 0 Å². The van der Waals surface area contributed by atoms with Gasteiger partial charge in [-0.15, -0.1) is 0 Å². The Kier molecular flexibility index (Phi) is 5.96. The molecule has 0 radical (unpaired) electrons. The number of nitrogens with zero attached hydrogens (tertiary/aromatic N) is 1. The van der Waals surface area contributed by atoms with E-state index in [9.17, 15) is 9.59 Å². The first-order chi connectivity index (χ1) is 13.1. The molecule has 1 saturated heterocycles. The van der Waals surface area contributed by atoms with Crippen LogP contribution in [0.2, 0.25) is 0 Å². The van der Waals surface area contributed by atoms with Crippen LogP contribution in [0.15, 0.2) is 48.5 Å². The quantitative estimate of drug-likeness (QED) is 0.816. The molecule has 0 spiro atoms. The SMILES string of the molecule is CCOc1ccc(N2C[C@H](NC(=O)Cc3ccc(OC)cc3)CC2=O)cc1. The fourth-order valence-corrected chi connectivity index (χ4v) is 3.15. The van der Waals surface area contributed by atoms with Crippen molar-refractivity contribution in [3.63, 3.8) is 0 Å². The highest BCUT2D eigenvalue weighted by atomic mass is 16.5. The number of rotatable bonds is 7. The standard InChI is InChI=1S/C21H24N2O4/c1-3-27-19-10-6-17(7-11-19)23-14-16(13-21(23)25)22-20(24)12-15-4-8-18(26-2)9-5-15/h4-11,16H,3,12-14H2,1-2H3,(H,22,24)/t16-/m1/s1. The number of amides is 2. The van der Waals surface area contributed by atoms with Crippen LogP contribution in [-0.2, 0) is 16.0 Å². The fraction of sp³-hybridized carbons (Fsp3) is 0.333. The summed E-state index contributed by atoms with van der Waals surface area (Å²) in [5, 5.41) is 2.96. The van der Waals surface area contributed by atoms with Gasteiger partial charge < -0.3 is 19.7 Å². The predicted octanol–water partition coefficient (Wildman–Crippen LogP) is 2.56. The van der Waals surface area contributed by atoms with Gasteiger partial charge in [0.15, 0.2) is 0 Å². The van der Waals surface area contributed by atoms with Crippen LogP contribution in [0, 0.1) is 0 Å². The molecule has 2 aromatic rings. The van der Waals surface area contributed by atoms with Crippen LogP contribution in [0.4, 0.5) is 5.69 Å². The number of benzene rings is 2. The van der Waals surface area contributed by atoms with Gasteiger partial charge in [0.2, 0.25) is 11.8 Å². The molecule has 0 bridgehead atoms. The number of anilines is 1. The number of carbonyl (C=O) groups is 2. The monoisotopic (exact) mass is 368 g/mol. The largest absolute Gasteiger partial charge is 0.497 e. The number of ether oxygens (including phenoxy) is 2. The molecule has 2 aromatic carbocycles. The summed E-state index contributed by atoms with van der Waals surface area (Å²) in [6.07, 6.45) is 0.583. The van der Waals surface area contributed by atoms with E-state index in [0.29, 0.717) is 19.6 Å². The fourth-order valence-electron chi connectivity index (χ4n) is 3.15. The van der Waals surface area contributed by atoms with Crippen LogP contribution in [0.25, 0.3) is 0 Å². The molecule has 0 unspecified atom stereocenters. The van der Waals surface area contributed by atoms with Gasteiger partial charge in [-0.05, 0) is 48.9 Å². The Morgan fingerprint density at radius 2 is 1.78 bits per heavy atom. The Balaban J connectivity index is 1.55. The molecule has 142 valence electrons. The summed E-state index contributed by atoms with van der Waals surface area (Å²) in [7, 11) is 1.61. The summed E-state index contributed by atoms with van der Waals surface area (Å²) < 4.78 is 10.5. The minimum Gasteiger partial charge on any atom is -0.497 e. The maximum atomic E-state index is 12.3. The molecule has 6 nitrogen and oxygen atoms in total. The molecule has 1 aliphatic rings. The second-order valence-corrected chi connectivity index (χ2v) is 6.42.